The summed E-state index contributed by atoms with van der Waals surface area (Å²) in [5.74, 6) is 0.205. The number of anilines is 1. The smallest absolute Gasteiger partial charge is 0.234 e. The number of amides is 1. The van der Waals surface area contributed by atoms with Gasteiger partial charge >= 0.3 is 0 Å². The lowest BCUT2D eigenvalue weighted by Crippen LogP contribution is -3.05. The van der Waals surface area contributed by atoms with E-state index in [0.717, 1.165) is 16.4 Å². The SMILES string of the molecule is CC(=O)c1cccc(NC(=O)CSc2nnc([C@H](C)[NH+](C)C)n2-c2ccc(F)cc2)c1. The van der Waals surface area contributed by atoms with Crippen LogP contribution in [0.15, 0.2) is 53.7 Å². The topological polar surface area (TPSA) is 81.3 Å². The minimum atomic E-state index is -0.328. The maximum atomic E-state index is 13.4. The predicted molar refractivity (Wildman–Crippen MR) is 118 cm³/mol. The van der Waals surface area contributed by atoms with Gasteiger partial charge in [0.15, 0.2) is 16.8 Å². The molecule has 0 bridgehead atoms. The molecule has 31 heavy (non-hydrogen) atoms. The molecule has 0 spiro atoms. The molecule has 9 heteroatoms. The summed E-state index contributed by atoms with van der Waals surface area (Å²) in [4.78, 5) is 25.2. The van der Waals surface area contributed by atoms with Gasteiger partial charge in [-0.3, -0.25) is 14.2 Å². The van der Waals surface area contributed by atoms with Crippen molar-refractivity contribution in [1.82, 2.24) is 14.8 Å². The lowest BCUT2D eigenvalue weighted by atomic mass is 10.1. The number of nitrogens with zero attached hydrogens (tertiary/aromatic N) is 3. The van der Waals surface area contributed by atoms with Crippen LogP contribution in [0.5, 0.6) is 0 Å². The summed E-state index contributed by atoms with van der Waals surface area (Å²) in [6.07, 6.45) is 0. The highest BCUT2D eigenvalue weighted by molar-refractivity contribution is 7.99. The first-order valence-electron chi connectivity index (χ1n) is 9.81. The number of thioether (sulfide) groups is 1. The molecule has 0 radical (unpaired) electrons. The Morgan fingerprint density at radius 2 is 1.87 bits per heavy atom. The quantitative estimate of drug-likeness (QED) is 0.414. The van der Waals surface area contributed by atoms with Crippen LogP contribution in [0.25, 0.3) is 5.69 Å². The van der Waals surface area contributed by atoms with Crippen molar-refractivity contribution in [3.05, 3.63) is 65.7 Å². The molecule has 1 heterocycles. The molecule has 0 fully saturated rings. The van der Waals surface area contributed by atoms with Crippen LogP contribution in [0.2, 0.25) is 0 Å². The lowest BCUT2D eigenvalue weighted by Gasteiger charge is -2.18. The van der Waals surface area contributed by atoms with Crippen molar-refractivity contribution in [3.8, 4) is 5.69 Å². The van der Waals surface area contributed by atoms with Crippen molar-refractivity contribution in [3.63, 3.8) is 0 Å². The van der Waals surface area contributed by atoms with Gasteiger partial charge in [-0.25, -0.2) is 4.39 Å². The Bertz CT molecular complexity index is 1080. The van der Waals surface area contributed by atoms with Gasteiger partial charge in [0.1, 0.15) is 11.9 Å². The zero-order valence-corrected chi connectivity index (χ0v) is 18.7. The number of nitrogens with one attached hydrogen (secondary N) is 2. The normalized spacial score (nSPS) is 12.1. The Morgan fingerprint density at radius 3 is 2.52 bits per heavy atom. The highest BCUT2D eigenvalue weighted by atomic mass is 32.2. The first kappa shape index (κ1) is 22.6. The van der Waals surface area contributed by atoms with Gasteiger partial charge in [0.25, 0.3) is 0 Å². The molecule has 1 aromatic heterocycles. The molecule has 1 atom stereocenters. The van der Waals surface area contributed by atoms with E-state index in [0.29, 0.717) is 16.4 Å². The summed E-state index contributed by atoms with van der Waals surface area (Å²) < 4.78 is 15.3. The molecule has 0 aliphatic carbocycles. The number of carbonyl (C=O) groups is 2. The van der Waals surface area contributed by atoms with E-state index in [1.807, 2.05) is 25.6 Å². The van der Waals surface area contributed by atoms with Gasteiger partial charge in [-0.05, 0) is 50.2 Å². The van der Waals surface area contributed by atoms with Crippen molar-refractivity contribution < 1.29 is 18.9 Å². The summed E-state index contributed by atoms with van der Waals surface area (Å²) >= 11 is 1.24. The molecule has 0 saturated carbocycles. The van der Waals surface area contributed by atoms with Gasteiger partial charge < -0.3 is 10.2 Å². The molecular weight excluding hydrogens is 417 g/mol. The van der Waals surface area contributed by atoms with Gasteiger partial charge in [-0.15, -0.1) is 10.2 Å². The van der Waals surface area contributed by atoms with Gasteiger partial charge in [0.2, 0.25) is 5.91 Å². The minimum absolute atomic E-state index is 0.0371. The zero-order chi connectivity index (χ0) is 22.5. The van der Waals surface area contributed by atoms with Crippen molar-refractivity contribution in [2.75, 3.05) is 25.2 Å². The number of carbonyl (C=O) groups excluding carboxylic acids is 2. The molecule has 0 unspecified atom stereocenters. The summed E-state index contributed by atoms with van der Waals surface area (Å²) in [6.45, 7) is 3.51. The summed E-state index contributed by atoms with van der Waals surface area (Å²) in [7, 11) is 4.04. The third kappa shape index (κ3) is 5.56. The number of hydrogen-bond donors (Lipinski definition) is 2. The summed E-state index contributed by atoms with van der Waals surface area (Å²) in [5.41, 5.74) is 1.82. The number of quaternary nitrogens is 1. The van der Waals surface area contributed by atoms with E-state index in [4.69, 9.17) is 0 Å². The van der Waals surface area contributed by atoms with Crippen LogP contribution in [-0.4, -0.2) is 46.3 Å². The molecule has 162 valence electrons. The third-order valence-electron chi connectivity index (χ3n) is 4.88. The zero-order valence-electron chi connectivity index (χ0n) is 17.8. The molecule has 1 amide bonds. The standard InChI is InChI=1S/C22H24FN5O2S/c1-14(27(3)4)21-25-26-22(28(21)19-10-8-17(23)9-11-19)31-13-20(30)24-18-7-5-6-16(12-18)15(2)29/h5-12,14H,13H2,1-4H3,(H,24,30)/p+1/t14-/m0/s1. The number of aromatic nitrogens is 3. The third-order valence-corrected chi connectivity index (χ3v) is 5.81. The minimum Gasteiger partial charge on any atom is -0.331 e. The second-order valence-corrected chi connectivity index (χ2v) is 8.37. The number of halogens is 1. The predicted octanol–water partition coefficient (Wildman–Crippen LogP) is 2.55. The van der Waals surface area contributed by atoms with Gasteiger partial charge in [-0.1, -0.05) is 23.9 Å². The Hall–Kier alpha value is -3.04. The largest absolute Gasteiger partial charge is 0.331 e. The highest BCUT2D eigenvalue weighted by Crippen LogP contribution is 2.25. The number of hydrogen-bond acceptors (Lipinski definition) is 5. The first-order valence-corrected chi connectivity index (χ1v) is 10.8. The highest BCUT2D eigenvalue weighted by Gasteiger charge is 2.24. The second kappa shape index (κ2) is 9.84. The molecule has 2 aromatic carbocycles. The van der Waals surface area contributed by atoms with Crippen LogP contribution in [0.3, 0.4) is 0 Å². The molecule has 7 nitrogen and oxygen atoms in total. The van der Waals surface area contributed by atoms with E-state index in [1.165, 1.54) is 30.8 Å². The van der Waals surface area contributed by atoms with Gasteiger partial charge in [0.05, 0.1) is 19.8 Å². The Labute approximate surface area is 184 Å². The fraction of sp³-hybridized carbons (Fsp3) is 0.273. The Balaban J connectivity index is 1.79. The van der Waals surface area contributed by atoms with E-state index in [2.05, 4.69) is 15.5 Å². The number of benzene rings is 2. The average Bonchev–Trinajstić information content (AvgIpc) is 3.16. The molecule has 0 aliphatic rings. The van der Waals surface area contributed by atoms with Crippen molar-refractivity contribution >= 4 is 29.1 Å². The molecule has 3 aromatic rings. The van der Waals surface area contributed by atoms with Crippen LogP contribution in [-0.2, 0) is 4.79 Å². The summed E-state index contributed by atoms with van der Waals surface area (Å²) in [5, 5.41) is 12.0. The fourth-order valence-electron chi connectivity index (χ4n) is 2.89. The van der Waals surface area contributed by atoms with E-state index in [-0.39, 0.29) is 29.3 Å². The van der Waals surface area contributed by atoms with Crippen molar-refractivity contribution in [2.24, 2.45) is 0 Å². The molecule has 3 rings (SSSR count). The number of ketones is 1. The van der Waals surface area contributed by atoms with Crippen molar-refractivity contribution in [2.45, 2.75) is 25.0 Å². The van der Waals surface area contributed by atoms with E-state index in [1.54, 1.807) is 36.4 Å². The van der Waals surface area contributed by atoms with E-state index in [9.17, 15) is 14.0 Å². The van der Waals surface area contributed by atoms with Crippen LogP contribution in [0.1, 0.15) is 36.1 Å². The Morgan fingerprint density at radius 1 is 1.16 bits per heavy atom. The first-order chi connectivity index (χ1) is 14.8. The number of rotatable bonds is 8. The maximum absolute atomic E-state index is 13.4. The molecule has 0 saturated heterocycles. The molecular formula is C22H25FN5O2S+. The summed E-state index contributed by atoms with van der Waals surface area (Å²) in [6, 6.07) is 12.9. The molecule has 2 N–H and O–H groups in total. The van der Waals surface area contributed by atoms with Crippen LogP contribution in [0.4, 0.5) is 10.1 Å². The van der Waals surface area contributed by atoms with E-state index < -0.39 is 0 Å². The second-order valence-electron chi connectivity index (χ2n) is 7.43. The van der Waals surface area contributed by atoms with Crippen molar-refractivity contribution in [1.29, 1.82) is 0 Å². The van der Waals surface area contributed by atoms with Crippen LogP contribution < -0.4 is 10.2 Å². The number of Topliss-reactive ketones (excluding diaryl/α,β-unsaturated/α-hetero) is 1. The average molecular weight is 443 g/mol. The monoisotopic (exact) mass is 442 g/mol. The van der Waals surface area contributed by atoms with E-state index >= 15 is 0 Å². The Kier molecular flexibility index (Phi) is 7.19. The van der Waals surface area contributed by atoms with Gasteiger partial charge in [-0.2, -0.15) is 0 Å². The lowest BCUT2D eigenvalue weighted by molar-refractivity contribution is -0.890. The van der Waals surface area contributed by atoms with Crippen LogP contribution in [0, 0.1) is 5.82 Å². The van der Waals surface area contributed by atoms with Gasteiger partial charge in [0, 0.05) is 16.9 Å². The molecule has 0 aliphatic heterocycles. The van der Waals surface area contributed by atoms with Crippen LogP contribution >= 0.6 is 11.8 Å². The maximum Gasteiger partial charge on any atom is 0.234 e. The fourth-order valence-corrected chi connectivity index (χ4v) is 3.65.